The van der Waals surface area contributed by atoms with Gasteiger partial charge in [0.1, 0.15) is 13.2 Å². The summed E-state index contributed by atoms with van der Waals surface area (Å²) < 4.78 is 11.4. The zero-order valence-corrected chi connectivity index (χ0v) is 18.8. The van der Waals surface area contributed by atoms with Crippen molar-refractivity contribution in [3.8, 4) is 22.8 Å². The Bertz CT molecular complexity index is 1180. The van der Waals surface area contributed by atoms with E-state index in [1.54, 1.807) is 0 Å². The summed E-state index contributed by atoms with van der Waals surface area (Å²) in [5.74, 6) is 1.58. The summed E-state index contributed by atoms with van der Waals surface area (Å²) in [7, 11) is 0. The largest absolute Gasteiger partial charge is 0.486 e. The van der Waals surface area contributed by atoms with Crippen LogP contribution in [0.15, 0.2) is 48.5 Å². The van der Waals surface area contributed by atoms with Crippen LogP contribution < -0.4 is 9.47 Å². The molecule has 4 heterocycles. The highest BCUT2D eigenvalue weighted by atomic mass is 16.6. The molecule has 1 aromatic heterocycles. The molecule has 3 aromatic rings. The van der Waals surface area contributed by atoms with Crippen molar-refractivity contribution in [3.63, 3.8) is 0 Å². The first kappa shape index (κ1) is 20.5. The smallest absolute Gasteiger partial charge is 0.254 e. The number of carbonyl (C=O) groups excluding carboxylic acids is 1. The summed E-state index contributed by atoms with van der Waals surface area (Å²) in [4.78, 5) is 23.2. The van der Waals surface area contributed by atoms with Gasteiger partial charge in [0.15, 0.2) is 11.5 Å². The SMILES string of the molecule is O=C(c1cc(-c2ccc3c(c2)OCCO3)nc2ccccc12)N1CCC(N2CCCC2)CC1. The van der Waals surface area contributed by atoms with Crippen LogP contribution in [-0.4, -0.2) is 66.1 Å². The molecule has 0 radical (unpaired) electrons. The van der Waals surface area contributed by atoms with Crippen LogP contribution in [0.2, 0.25) is 0 Å². The molecule has 170 valence electrons. The van der Waals surface area contributed by atoms with Gasteiger partial charge < -0.3 is 19.3 Å². The lowest BCUT2D eigenvalue weighted by Crippen LogP contribution is -2.46. The number of nitrogens with zero attached hydrogens (tertiary/aromatic N) is 3. The maximum Gasteiger partial charge on any atom is 0.254 e. The number of pyridine rings is 1. The third-order valence-corrected chi connectivity index (χ3v) is 7.19. The van der Waals surface area contributed by atoms with Gasteiger partial charge in [0.2, 0.25) is 0 Å². The quantitative estimate of drug-likeness (QED) is 0.602. The number of hydrogen-bond donors (Lipinski definition) is 0. The van der Waals surface area contributed by atoms with Gasteiger partial charge in [0, 0.05) is 30.1 Å². The van der Waals surface area contributed by atoms with Crippen molar-refractivity contribution < 1.29 is 14.3 Å². The van der Waals surface area contributed by atoms with Crippen molar-refractivity contribution in [1.82, 2.24) is 14.8 Å². The van der Waals surface area contributed by atoms with E-state index in [4.69, 9.17) is 14.5 Å². The Balaban J connectivity index is 1.31. The van der Waals surface area contributed by atoms with Crippen molar-refractivity contribution in [2.45, 2.75) is 31.7 Å². The number of likely N-dealkylation sites (tertiary alicyclic amines) is 2. The molecule has 33 heavy (non-hydrogen) atoms. The van der Waals surface area contributed by atoms with Crippen molar-refractivity contribution in [3.05, 3.63) is 54.1 Å². The maximum atomic E-state index is 13.7. The molecular weight excluding hydrogens is 414 g/mol. The molecular formula is C27H29N3O3. The second kappa shape index (κ2) is 8.67. The van der Waals surface area contributed by atoms with Crippen LogP contribution in [0.3, 0.4) is 0 Å². The first-order valence-corrected chi connectivity index (χ1v) is 12.1. The first-order valence-electron chi connectivity index (χ1n) is 12.1. The van der Waals surface area contributed by atoms with E-state index in [9.17, 15) is 4.79 Å². The Kier molecular flexibility index (Phi) is 5.38. The van der Waals surface area contributed by atoms with Crippen LogP contribution >= 0.6 is 0 Å². The fraction of sp³-hybridized carbons (Fsp3) is 0.407. The Morgan fingerprint density at radius 2 is 1.64 bits per heavy atom. The van der Waals surface area contributed by atoms with Gasteiger partial charge in [0.05, 0.1) is 16.8 Å². The predicted octanol–water partition coefficient (Wildman–Crippen LogP) is 4.37. The second-order valence-electron chi connectivity index (χ2n) is 9.20. The van der Waals surface area contributed by atoms with Crippen molar-refractivity contribution in [1.29, 1.82) is 0 Å². The highest BCUT2D eigenvalue weighted by Crippen LogP contribution is 2.35. The van der Waals surface area contributed by atoms with Crippen LogP contribution in [0, 0.1) is 0 Å². The molecule has 0 unspecified atom stereocenters. The molecule has 0 bridgehead atoms. The lowest BCUT2D eigenvalue weighted by atomic mass is 10.00. The monoisotopic (exact) mass is 443 g/mol. The van der Waals surface area contributed by atoms with Crippen molar-refractivity contribution in [2.24, 2.45) is 0 Å². The van der Waals surface area contributed by atoms with E-state index in [1.165, 1.54) is 25.9 Å². The molecule has 1 amide bonds. The Morgan fingerprint density at radius 1 is 0.879 bits per heavy atom. The molecule has 3 aliphatic rings. The normalized spacial score (nSPS) is 19.2. The molecule has 3 aliphatic heterocycles. The number of hydrogen-bond acceptors (Lipinski definition) is 5. The second-order valence-corrected chi connectivity index (χ2v) is 9.20. The summed E-state index contributed by atoms with van der Waals surface area (Å²) in [6.45, 7) is 5.16. The fourth-order valence-electron chi connectivity index (χ4n) is 5.41. The van der Waals surface area contributed by atoms with Gasteiger partial charge in [-0.05, 0) is 69.1 Å². The topological polar surface area (TPSA) is 54.9 Å². The number of para-hydroxylation sites is 1. The number of carbonyl (C=O) groups is 1. The van der Waals surface area contributed by atoms with E-state index >= 15 is 0 Å². The van der Waals surface area contributed by atoms with E-state index in [0.29, 0.717) is 19.3 Å². The fourth-order valence-corrected chi connectivity index (χ4v) is 5.41. The van der Waals surface area contributed by atoms with E-state index in [0.717, 1.165) is 65.2 Å². The highest BCUT2D eigenvalue weighted by molar-refractivity contribution is 6.07. The molecule has 6 rings (SSSR count). The molecule has 2 saturated heterocycles. The molecule has 6 heteroatoms. The minimum atomic E-state index is 0.104. The summed E-state index contributed by atoms with van der Waals surface area (Å²) >= 11 is 0. The molecule has 2 fully saturated rings. The minimum absolute atomic E-state index is 0.104. The standard InChI is InChI=1S/C27H29N3O3/c31-27(30-13-9-20(10-14-30)29-11-3-4-12-29)22-18-24(28-23-6-2-1-5-21(22)23)19-7-8-25-26(17-19)33-16-15-32-25/h1-2,5-8,17-18,20H,3-4,9-16H2. The van der Waals surface area contributed by atoms with Gasteiger partial charge in [-0.3, -0.25) is 4.79 Å². The lowest BCUT2D eigenvalue weighted by Gasteiger charge is -2.36. The molecule has 0 aliphatic carbocycles. The molecule has 6 nitrogen and oxygen atoms in total. The summed E-state index contributed by atoms with van der Waals surface area (Å²) in [6.07, 6.45) is 4.74. The molecule has 0 spiro atoms. The average molecular weight is 444 g/mol. The molecule has 0 atom stereocenters. The highest BCUT2D eigenvalue weighted by Gasteiger charge is 2.29. The van der Waals surface area contributed by atoms with Crippen LogP contribution in [0.25, 0.3) is 22.2 Å². The van der Waals surface area contributed by atoms with Gasteiger partial charge in [-0.15, -0.1) is 0 Å². The van der Waals surface area contributed by atoms with Crippen molar-refractivity contribution in [2.75, 3.05) is 39.4 Å². The average Bonchev–Trinajstić information content (AvgIpc) is 3.42. The van der Waals surface area contributed by atoms with E-state index in [1.807, 2.05) is 53.4 Å². The summed E-state index contributed by atoms with van der Waals surface area (Å²) in [6, 6.07) is 16.4. The number of ether oxygens (including phenoxy) is 2. The third-order valence-electron chi connectivity index (χ3n) is 7.19. The van der Waals surface area contributed by atoms with Gasteiger partial charge in [-0.1, -0.05) is 18.2 Å². The summed E-state index contributed by atoms with van der Waals surface area (Å²) in [5.41, 5.74) is 3.26. The lowest BCUT2D eigenvalue weighted by molar-refractivity contribution is 0.0646. The molecule has 0 N–H and O–H groups in total. The van der Waals surface area contributed by atoms with E-state index < -0.39 is 0 Å². The van der Waals surface area contributed by atoms with Crippen LogP contribution in [0.1, 0.15) is 36.0 Å². The Morgan fingerprint density at radius 3 is 2.45 bits per heavy atom. The summed E-state index contributed by atoms with van der Waals surface area (Å²) in [5, 5.41) is 0.908. The number of benzene rings is 2. The number of aromatic nitrogens is 1. The number of piperidine rings is 1. The number of rotatable bonds is 3. The zero-order valence-electron chi connectivity index (χ0n) is 18.8. The minimum Gasteiger partial charge on any atom is -0.486 e. The van der Waals surface area contributed by atoms with Crippen LogP contribution in [0.4, 0.5) is 0 Å². The Labute approximate surface area is 194 Å². The molecule has 0 saturated carbocycles. The van der Waals surface area contributed by atoms with Gasteiger partial charge >= 0.3 is 0 Å². The predicted molar refractivity (Wildman–Crippen MR) is 128 cm³/mol. The first-order chi connectivity index (χ1) is 16.3. The van der Waals surface area contributed by atoms with E-state index in [-0.39, 0.29) is 5.91 Å². The maximum absolute atomic E-state index is 13.7. The number of fused-ring (bicyclic) bond motifs is 2. The third kappa shape index (κ3) is 3.93. The van der Waals surface area contributed by atoms with Crippen LogP contribution in [0.5, 0.6) is 11.5 Å². The van der Waals surface area contributed by atoms with Crippen molar-refractivity contribution >= 4 is 16.8 Å². The zero-order chi connectivity index (χ0) is 22.2. The van der Waals surface area contributed by atoms with Gasteiger partial charge in [-0.2, -0.15) is 0 Å². The molecule has 2 aromatic carbocycles. The van der Waals surface area contributed by atoms with Gasteiger partial charge in [-0.25, -0.2) is 4.98 Å². The van der Waals surface area contributed by atoms with E-state index in [2.05, 4.69) is 4.90 Å². The van der Waals surface area contributed by atoms with Crippen LogP contribution in [-0.2, 0) is 0 Å². The number of amides is 1. The Hall–Kier alpha value is -3.12. The van der Waals surface area contributed by atoms with Gasteiger partial charge in [0.25, 0.3) is 5.91 Å².